The third-order valence-electron chi connectivity index (χ3n) is 4.64. The highest BCUT2D eigenvalue weighted by Gasteiger charge is 2.26. The van der Waals surface area contributed by atoms with Crippen molar-refractivity contribution in [3.05, 3.63) is 125 Å². The maximum Gasteiger partial charge on any atom is 0.191 e. The fourth-order valence-electron chi connectivity index (χ4n) is 3.27. The molecule has 132 valence electrons. The van der Waals surface area contributed by atoms with Gasteiger partial charge in [-0.25, -0.2) is 0 Å². The first-order chi connectivity index (χ1) is 13.2. The molecule has 1 heterocycles. The number of ketones is 1. The predicted octanol–water partition coefficient (Wildman–Crippen LogP) is 6.33. The van der Waals surface area contributed by atoms with Crippen molar-refractivity contribution in [3.8, 4) is 0 Å². The van der Waals surface area contributed by atoms with Gasteiger partial charge in [-0.2, -0.15) is 0 Å². The zero-order valence-electron chi connectivity index (χ0n) is 14.6. The van der Waals surface area contributed by atoms with Gasteiger partial charge in [-0.3, -0.25) is 4.79 Å². The highest BCUT2D eigenvalue weighted by Crippen LogP contribution is 2.35. The Morgan fingerprint density at radius 2 is 1.44 bits per heavy atom. The molecule has 0 aromatic heterocycles. The fourth-order valence-corrected chi connectivity index (χ4v) is 3.76. The molecule has 3 heteroatoms. The Kier molecular flexibility index (Phi) is 5.03. The Labute approximate surface area is 167 Å². The molecule has 0 amide bonds. The summed E-state index contributed by atoms with van der Waals surface area (Å²) in [7, 11) is 0. The molecule has 0 radical (unpaired) electrons. The summed E-state index contributed by atoms with van der Waals surface area (Å²) in [5, 5.41) is 0. The molecule has 1 aliphatic rings. The van der Waals surface area contributed by atoms with Crippen LogP contribution in [0.15, 0.2) is 113 Å². The minimum atomic E-state index is -0.0716. The molecular weight excluding hydrogens is 398 g/mol. The number of para-hydroxylation sites is 1. The summed E-state index contributed by atoms with van der Waals surface area (Å²) in [6.07, 6.45) is 6.07. The maximum absolute atomic E-state index is 13.3. The van der Waals surface area contributed by atoms with Crippen LogP contribution < -0.4 is 4.90 Å². The lowest BCUT2D eigenvalue weighted by atomic mass is 9.85. The molecule has 0 saturated carbocycles. The SMILES string of the molecule is O=C(C1=CN(c2ccccc2Br)C=CC1c1ccccc1)c1ccccc1. The molecule has 2 nitrogen and oxygen atoms in total. The highest BCUT2D eigenvalue weighted by atomic mass is 79.9. The Bertz CT molecular complexity index is 1010. The fraction of sp³-hybridized carbons (Fsp3) is 0.0417. The van der Waals surface area contributed by atoms with Crippen molar-refractivity contribution in [1.29, 1.82) is 0 Å². The van der Waals surface area contributed by atoms with Gasteiger partial charge in [0, 0.05) is 33.9 Å². The predicted molar refractivity (Wildman–Crippen MR) is 114 cm³/mol. The standard InChI is InChI=1S/C24H18BrNO/c25-22-13-7-8-14-23(22)26-16-15-20(18-9-3-1-4-10-18)21(17-26)24(27)19-11-5-2-6-12-19/h1-17,20H. The number of carbonyl (C=O) groups excluding carboxylic acids is 1. The molecular formula is C24H18BrNO. The smallest absolute Gasteiger partial charge is 0.191 e. The molecule has 4 rings (SSSR count). The number of rotatable bonds is 4. The number of halogens is 1. The van der Waals surface area contributed by atoms with E-state index in [0.29, 0.717) is 5.56 Å². The van der Waals surface area contributed by atoms with Crippen LogP contribution in [0.2, 0.25) is 0 Å². The lowest BCUT2D eigenvalue weighted by molar-refractivity contribution is 0.102. The van der Waals surface area contributed by atoms with Crippen LogP contribution in [-0.2, 0) is 0 Å². The van der Waals surface area contributed by atoms with Crippen LogP contribution >= 0.6 is 15.9 Å². The number of hydrogen-bond donors (Lipinski definition) is 0. The van der Waals surface area contributed by atoms with Crippen LogP contribution in [-0.4, -0.2) is 5.78 Å². The number of Topliss-reactive ketones (excluding diaryl/α,β-unsaturated/α-hetero) is 1. The number of carbonyl (C=O) groups is 1. The summed E-state index contributed by atoms with van der Waals surface area (Å²) >= 11 is 3.60. The molecule has 1 unspecified atom stereocenters. The Hall–Kier alpha value is -2.91. The van der Waals surface area contributed by atoms with Crippen molar-refractivity contribution >= 4 is 27.4 Å². The van der Waals surface area contributed by atoms with Gasteiger partial charge in [0.1, 0.15) is 0 Å². The van der Waals surface area contributed by atoms with Crippen molar-refractivity contribution in [1.82, 2.24) is 0 Å². The second kappa shape index (κ2) is 7.77. The van der Waals surface area contributed by atoms with Gasteiger partial charge in [0.05, 0.1) is 5.69 Å². The van der Waals surface area contributed by atoms with Gasteiger partial charge in [0.2, 0.25) is 0 Å². The number of nitrogens with zero attached hydrogens (tertiary/aromatic N) is 1. The third-order valence-corrected chi connectivity index (χ3v) is 5.31. The largest absolute Gasteiger partial charge is 0.323 e. The van der Waals surface area contributed by atoms with Crippen molar-refractivity contribution in [2.45, 2.75) is 5.92 Å². The van der Waals surface area contributed by atoms with Crippen LogP contribution in [0.3, 0.4) is 0 Å². The van der Waals surface area contributed by atoms with E-state index >= 15 is 0 Å². The van der Waals surface area contributed by atoms with E-state index in [0.717, 1.165) is 21.3 Å². The third kappa shape index (κ3) is 3.64. The van der Waals surface area contributed by atoms with Crippen molar-refractivity contribution in [2.24, 2.45) is 0 Å². The van der Waals surface area contributed by atoms with Crippen LogP contribution in [0.25, 0.3) is 0 Å². The molecule has 1 aliphatic heterocycles. The van der Waals surface area contributed by atoms with E-state index < -0.39 is 0 Å². The lowest BCUT2D eigenvalue weighted by Gasteiger charge is -2.27. The highest BCUT2D eigenvalue weighted by molar-refractivity contribution is 9.10. The van der Waals surface area contributed by atoms with Crippen LogP contribution in [0, 0.1) is 0 Å². The summed E-state index contributed by atoms with van der Waals surface area (Å²) in [6.45, 7) is 0. The lowest BCUT2D eigenvalue weighted by Crippen LogP contribution is -2.21. The number of anilines is 1. The first-order valence-corrected chi connectivity index (χ1v) is 9.61. The zero-order valence-corrected chi connectivity index (χ0v) is 16.2. The molecule has 0 aliphatic carbocycles. The zero-order chi connectivity index (χ0) is 18.6. The molecule has 0 bridgehead atoms. The second-order valence-electron chi connectivity index (χ2n) is 6.37. The van der Waals surface area contributed by atoms with Crippen LogP contribution in [0.4, 0.5) is 5.69 Å². The van der Waals surface area contributed by atoms with Crippen molar-refractivity contribution in [3.63, 3.8) is 0 Å². The first-order valence-electron chi connectivity index (χ1n) is 8.81. The van der Waals surface area contributed by atoms with Crippen LogP contribution in [0.1, 0.15) is 21.8 Å². The summed E-state index contributed by atoms with van der Waals surface area (Å²) in [5.41, 5.74) is 3.56. The molecule has 0 spiro atoms. The van der Waals surface area contributed by atoms with Crippen molar-refractivity contribution < 1.29 is 4.79 Å². The Balaban J connectivity index is 1.79. The summed E-state index contributed by atoms with van der Waals surface area (Å²) in [6, 6.07) is 27.6. The van der Waals surface area contributed by atoms with Gasteiger partial charge in [-0.05, 0) is 33.6 Å². The summed E-state index contributed by atoms with van der Waals surface area (Å²) in [5.74, 6) is -0.0245. The molecule has 0 fully saturated rings. The summed E-state index contributed by atoms with van der Waals surface area (Å²) in [4.78, 5) is 15.3. The molecule has 0 saturated heterocycles. The maximum atomic E-state index is 13.3. The van der Waals surface area contributed by atoms with Gasteiger partial charge in [-0.15, -0.1) is 0 Å². The molecule has 3 aromatic carbocycles. The van der Waals surface area contributed by atoms with E-state index in [1.54, 1.807) is 0 Å². The van der Waals surface area contributed by atoms with Crippen LogP contribution in [0.5, 0.6) is 0 Å². The quantitative estimate of drug-likeness (QED) is 0.463. The topological polar surface area (TPSA) is 20.3 Å². The van der Waals surface area contributed by atoms with E-state index in [4.69, 9.17) is 0 Å². The average Bonchev–Trinajstić information content (AvgIpc) is 2.74. The van der Waals surface area contributed by atoms with Gasteiger partial charge in [0.15, 0.2) is 5.78 Å². The van der Waals surface area contributed by atoms with Gasteiger partial charge >= 0.3 is 0 Å². The first kappa shape index (κ1) is 17.5. The minimum Gasteiger partial charge on any atom is -0.323 e. The normalized spacial score (nSPS) is 16.1. The number of hydrogen-bond acceptors (Lipinski definition) is 2. The van der Waals surface area contributed by atoms with E-state index in [1.807, 2.05) is 90.1 Å². The molecule has 1 atom stereocenters. The van der Waals surface area contributed by atoms with Crippen molar-refractivity contribution in [2.75, 3.05) is 4.90 Å². The average molecular weight is 416 g/mol. The van der Waals surface area contributed by atoms with E-state index in [9.17, 15) is 4.79 Å². The van der Waals surface area contributed by atoms with E-state index in [2.05, 4.69) is 34.1 Å². The molecule has 0 N–H and O–H groups in total. The monoisotopic (exact) mass is 415 g/mol. The van der Waals surface area contributed by atoms with Gasteiger partial charge in [0.25, 0.3) is 0 Å². The number of allylic oxidation sites excluding steroid dienone is 2. The Morgan fingerprint density at radius 3 is 2.15 bits per heavy atom. The Morgan fingerprint density at radius 1 is 0.815 bits per heavy atom. The molecule has 27 heavy (non-hydrogen) atoms. The number of benzene rings is 3. The van der Waals surface area contributed by atoms with E-state index in [-0.39, 0.29) is 11.7 Å². The minimum absolute atomic E-state index is 0.0471. The van der Waals surface area contributed by atoms with Gasteiger partial charge in [-0.1, -0.05) is 78.9 Å². The van der Waals surface area contributed by atoms with Gasteiger partial charge < -0.3 is 4.90 Å². The molecule has 3 aromatic rings. The second-order valence-corrected chi connectivity index (χ2v) is 7.22. The summed E-state index contributed by atoms with van der Waals surface area (Å²) < 4.78 is 0.982. The van der Waals surface area contributed by atoms with E-state index in [1.165, 1.54) is 0 Å².